The van der Waals surface area contributed by atoms with Gasteiger partial charge in [0.15, 0.2) is 0 Å². The maximum atomic E-state index is 12.9. The molecule has 0 aliphatic carbocycles. The SMILES string of the molecule is COc1cc(OC)c(N2CC(C(=O)Nc3ccc(N4CCCC4=O)c(Cl)c3)CC2=O)cc1Cl. The Balaban J connectivity index is 1.47. The molecule has 8 nitrogen and oxygen atoms in total. The fourth-order valence-electron chi connectivity index (χ4n) is 4.12. The van der Waals surface area contributed by atoms with E-state index in [4.69, 9.17) is 32.7 Å². The Morgan fingerprint density at radius 3 is 2.36 bits per heavy atom. The van der Waals surface area contributed by atoms with Crippen LogP contribution < -0.4 is 24.6 Å². The highest BCUT2D eigenvalue weighted by molar-refractivity contribution is 6.34. The van der Waals surface area contributed by atoms with Crippen LogP contribution in [0, 0.1) is 5.92 Å². The normalized spacial score (nSPS) is 18.1. The van der Waals surface area contributed by atoms with Crippen LogP contribution in [-0.4, -0.2) is 45.0 Å². The molecule has 3 amide bonds. The third-order valence-electron chi connectivity index (χ3n) is 5.82. The maximum Gasteiger partial charge on any atom is 0.229 e. The number of nitrogens with zero attached hydrogens (tertiary/aromatic N) is 2. The van der Waals surface area contributed by atoms with Gasteiger partial charge in [-0.15, -0.1) is 0 Å². The topological polar surface area (TPSA) is 88.2 Å². The highest BCUT2D eigenvalue weighted by Gasteiger charge is 2.37. The zero-order chi connectivity index (χ0) is 23.7. The molecule has 2 fully saturated rings. The van der Waals surface area contributed by atoms with Crippen LogP contribution in [0.3, 0.4) is 0 Å². The monoisotopic (exact) mass is 491 g/mol. The number of rotatable bonds is 6. The van der Waals surface area contributed by atoms with Crippen LogP contribution in [0.2, 0.25) is 10.0 Å². The first-order chi connectivity index (χ1) is 15.8. The van der Waals surface area contributed by atoms with Crippen LogP contribution in [0.15, 0.2) is 30.3 Å². The van der Waals surface area contributed by atoms with Crippen molar-refractivity contribution in [2.75, 3.05) is 42.4 Å². The van der Waals surface area contributed by atoms with Crippen LogP contribution in [0.1, 0.15) is 19.3 Å². The highest BCUT2D eigenvalue weighted by atomic mass is 35.5. The summed E-state index contributed by atoms with van der Waals surface area (Å²) in [7, 11) is 2.98. The highest BCUT2D eigenvalue weighted by Crippen LogP contribution is 2.40. The fourth-order valence-corrected chi connectivity index (χ4v) is 4.64. The summed E-state index contributed by atoms with van der Waals surface area (Å²) in [6.45, 7) is 0.806. The summed E-state index contributed by atoms with van der Waals surface area (Å²) in [5, 5.41) is 3.53. The zero-order valence-electron chi connectivity index (χ0n) is 18.2. The van der Waals surface area contributed by atoms with E-state index in [0.29, 0.717) is 51.6 Å². The molecule has 2 aromatic carbocycles. The van der Waals surface area contributed by atoms with Gasteiger partial charge in [-0.3, -0.25) is 14.4 Å². The molecule has 2 saturated heterocycles. The molecule has 2 aliphatic heterocycles. The van der Waals surface area contributed by atoms with E-state index in [1.54, 1.807) is 35.2 Å². The smallest absolute Gasteiger partial charge is 0.229 e. The predicted molar refractivity (Wildman–Crippen MR) is 127 cm³/mol. The summed E-state index contributed by atoms with van der Waals surface area (Å²) in [5.41, 5.74) is 1.60. The molecule has 0 radical (unpaired) electrons. The third kappa shape index (κ3) is 4.58. The summed E-state index contributed by atoms with van der Waals surface area (Å²) < 4.78 is 10.6. The molecule has 4 rings (SSSR count). The minimum Gasteiger partial charge on any atom is -0.495 e. The number of nitrogens with one attached hydrogen (secondary N) is 1. The standard InChI is InChI=1S/C23H23Cl2N3O5/c1-32-19-11-20(33-2)18(10-16(19)25)28-12-13(8-22(28)30)23(31)26-14-5-6-17(15(24)9-14)27-7-3-4-21(27)29/h5-6,9-11,13H,3-4,7-8,12H2,1-2H3,(H,26,31). The molecule has 0 spiro atoms. The van der Waals surface area contributed by atoms with E-state index < -0.39 is 5.92 Å². The first-order valence-electron chi connectivity index (χ1n) is 10.4. The number of anilines is 3. The minimum absolute atomic E-state index is 0.0345. The average Bonchev–Trinajstić information content (AvgIpc) is 3.39. The Kier molecular flexibility index (Phi) is 6.67. The second kappa shape index (κ2) is 9.49. The van der Waals surface area contributed by atoms with Crippen molar-refractivity contribution in [3.8, 4) is 11.5 Å². The van der Waals surface area contributed by atoms with E-state index in [2.05, 4.69) is 5.32 Å². The molecule has 0 saturated carbocycles. The Bertz CT molecular complexity index is 1120. The molecule has 0 aromatic heterocycles. The molecule has 2 heterocycles. The molecular formula is C23H23Cl2N3O5. The van der Waals surface area contributed by atoms with Crippen LogP contribution in [0.4, 0.5) is 17.1 Å². The van der Waals surface area contributed by atoms with Gasteiger partial charge < -0.3 is 24.6 Å². The van der Waals surface area contributed by atoms with E-state index in [-0.39, 0.29) is 30.7 Å². The van der Waals surface area contributed by atoms with Crippen LogP contribution in [0.25, 0.3) is 0 Å². The second-order valence-electron chi connectivity index (χ2n) is 7.87. The van der Waals surface area contributed by atoms with E-state index in [1.807, 2.05) is 0 Å². The zero-order valence-corrected chi connectivity index (χ0v) is 19.7. The van der Waals surface area contributed by atoms with Gasteiger partial charge in [-0.05, 0) is 30.7 Å². The molecule has 1 atom stereocenters. The van der Waals surface area contributed by atoms with Gasteiger partial charge in [0, 0.05) is 37.7 Å². The van der Waals surface area contributed by atoms with Gasteiger partial charge in [0.1, 0.15) is 11.5 Å². The van der Waals surface area contributed by atoms with E-state index >= 15 is 0 Å². The van der Waals surface area contributed by atoms with Gasteiger partial charge in [-0.25, -0.2) is 0 Å². The van der Waals surface area contributed by atoms with Crippen molar-refractivity contribution in [2.45, 2.75) is 19.3 Å². The van der Waals surface area contributed by atoms with Crippen molar-refractivity contribution in [3.05, 3.63) is 40.4 Å². The number of hydrogen-bond acceptors (Lipinski definition) is 5. The lowest BCUT2D eigenvalue weighted by atomic mass is 10.1. The van der Waals surface area contributed by atoms with Crippen molar-refractivity contribution >= 4 is 58.0 Å². The number of ether oxygens (including phenoxy) is 2. The fraction of sp³-hybridized carbons (Fsp3) is 0.348. The van der Waals surface area contributed by atoms with Crippen molar-refractivity contribution in [1.29, 1.82) is 0 Å². The van der Waals surface area contributed by atoms with Crippen LogP contribution >= 0.6 is 23.2 Å². The molecule has 2 aliphatic rings. The number of amides is 3. The van der Waals surface area contributed by atoms with Gasteiger partial charge in [0.05, 0.1) is 41.6 Å². The first kappa shape index (κ1) is 23.2. The van der Waals surface area contributed by atoms with Gasteiger partial charge >= 0.3 is 0 Å². The molecule has 1 N–H and O–H groups in total. The lowest BCUT2D eigenvalue weighted by Gasteiger charge is -2.21. The Labute approximate surface area is 201 Å². The Hall–Kier alpha value is -2.97. The molecule has 1 unspecified atom stereocenters. The second-order valence-corrected chi connectivity index (χ2v) is 8.68. The summed E-state index contributed by atoms with van der Waals surface area (Å²) in [5.74, 6) is -0.200. The third-order valence-corrected chi connectivity index (χ3v) is 6.42. The van der Waals surface area contributed by atoms with Gasteiger partial charge in [0.25, 0.3) is 0 Å². The summed E-state index contributed by atoms with van der Waals surface area (Å²) in [6.07, 6.45) is 1.35. The molecule has 2 aromatic rings. The van der Waals surface area contributed by atoms with Crippen LogP contribution in [0.5, 0.6) is 11.5 Å². The lowest BCUT2D eigenvalue weighted by molar-refractivity contribution is -0.122. The molecule has 174 valence electrons. The Morgan fingerprint density at radius 2 is 1.73 bits per heavy atom. The van der Waals surface area contributed by atoms with E-state index in [0.717, 1.165) is 6.42 Å². The van der Waals surface area contributed by atoms with Crippen LogP contribution in [-0.2, 0) is 14.4 Å². The maximum absolute atomic E-state index is 12.9. The number of carbonyl (C=O) groups is 3. The first-order valence-corrected chi connectivity index (χ1v) is 11.2. The van der Waals surface area contributed by atoms with Crippen molar-refractivity contribution in [3.63, 3.8) is 0 Å². The Morgan fingerprint density at radius 1 is 0.970 bits per heavy atom. The largest absolute Gasteiger partial charge is 0.495 e. The van der Waals surface area contributed by atoms with Crippen molar-refractivity contribution in [1.82, 2.24) is 0 Å². The van der Waals surface area contributed by atoms with Gasteiger partial charge in [-0.2, -0.15) is 0 Å². The quantitative estimate of drug-likeness (QED) is 0.656. The average molecular weight is 492 g/mol. The van der Waals surface area contributed by atoms with Gasteiger partial charge in [0.2, 0.25) is 17.7 Å². The summed E-state index contributed by atoms with van der Waals surface area (Å²) >= 11 is 12.6. The predicted octanol–water partition coefficient (Wildman–Crippen LogP) is 4.13. The molecular weight excluding hydrogens is 469 g/mol. The number of methoxy groups -OCH3 is 2. The lowest BCUT2D eigenvalue weighted by Crippen LogP contribution is -2.28. The van der Waals surface area contributed by atoms with E-state index in [1.165, 1.54) is 19.1 Å². The molecule has 0 bridgehead atoms. The van der Waals surface area contributed by atoms with Crippen molar-refractivity contribution < 1.29 is 23.9 Å². The summed E-state index contributed by atoms with van der Waals surface area (Å²) in [4.78, 5) is 40.7. The number of hydrogen-bond donors (Lipinski definition) is 1. The summed E-state index contributed by atoms with van der Waals surface area (Å²) in [6, 6.07) is 8.23. The number of halogens is 2. The van der Waals surface area contributed by atoms with Crippen molar-refractivity contribution in [2.24, 2.45) is 5.92 Å². The van der Waals surface area contributed by atoms with Gasteiger partial charge in [-0.1, -0.05) is 23.2 Å². The minimum atomic E-state index is -0.568. The molecule has 10 heteroatoms. The van der Waals surface area contributed by atoms with E-state index in [9.17, 15) is 14.4 Å². The number of benzene rings is 2. The number of carbonyl (C=O) groups excluding carboxylic acids is 3. The molecule has 33 heavy (non-hydrogen) atoms.